The molecule has 0 aromatic heterocycles. The van der Waals surface area contributed by atoms with Gasteiger partial charge in [-0.15, -0.1) is 0 Å². The number of rotatable bonds is 8. The molecule has 1 fully saturated rings. The highest BCUT2D eigenvalue weighted by Crippen LogP contribution is 2.16. The molecule has 1 heterocycles. The molecular formula is C22H30N4O3. The molecule has 0 aliphatic carbocycles. The number of carbonyl (C=O) groups excluding carboxylic acids is 1. The SMILES string of the molecule is CN(C)c1ccc(NC(=O)NCc2cccc(OCCN3CCOCC3)c2)cc1. The van der Waals surface area contributed by atoms with Crippen LogP contribution in [-0.2, 0) is 11.3 Å². The maximum absolute atomic E-state index is 12.2. The fraction of sp³-hybridized carbons (Fsp3) is 0.409. The summed E-state index contributed by atoms with van der Waals surface area (Å²) in [5.74, 6) is 0.817. The Morgan fingerprint density at radius 1 is 1.14 bits per heavy atom. The minimum atomic E-state index is -0.235. The molecule has 1 aliphatic rings. The molecule has 29 heavy (non-hydrogen) atoms. The normalized spacial score (nSPS) is 14.3. The summed E-state index contributed by atoms with van der Waals surface area (Å²) in [5.41, 5.74) is 2.83. The highest BCUT2D eigenvalue weighted by molar-refractivity contribution is 5.89. The molecule has 0 atom stereocenters. The van der Waals surface area contributed by atoms with E-state index in [-0.39, 0.29) is 6.03 Å². The van der Waals surface area contributed by atoms with Crippen LogP contribution in [0.1, 0.15) is 5.56 Å². The number of benzene rings is 2. The molecule has 0 unspecified atom stereocenters. The number of nitrogens with zero attached hydrogens (tertiary/aromatic N) is 2. The molecule has 3 rings (SSSR count). The van der Waals surface area contributed by atoms with Crippen molar-refractivity contribution in [2.24, 2.45) is 0 Å². The van der Waals surface area contributed by atoms with E-state index in [9.17, 15) is 4.79 Å². The van der Waals surface area contributed by atoms with Gasteiger partial charge in [0.15, 0.2) is 0 Å². The van der Waals surface area contributed by atoms with Crippen molar-refractivity contribution in [1.82, 2.24) is 10.2 Å². The average molecular weight is 399 g/mol. The zero-order valence-corrected chi connectivity index (χ0v) is 17.2. The van der Waals surface area contributed by atoms with Gasteiger partial charge in [0.05, 0.1) is 13.2 Å². The fourth-order valence-electron chi connectivity index (χ4n) is 3.06. The Morgan fingerprint density at radius 3 is 2.62 bits per heavy atom. The molecule has 0 spiro atoms. The first kappa shape index (κ1) is 21.0. The number of hydrogen-bond donors (Lipinski definition) is 2. The van der Waals surface area contributed by atoms with Gasteiger partial charge in [0.2, 0.25) is 0 Å². The summed E-state index contributed by atoms with van der Waals surface area (Å²) >= 11 is 0. The number of carbonyl (C=O) groups is 1. The predicted molar refractivity (Wildman–Crippen MR) is 116 cm³/mol. The summed E-state index contributed by atoms with van der Waals surface area (Å²) in [6.45, 7) is 5.47. The third-order valence-electron chi connectivity index (χ3n) is 4.77. The minimum absolute atomic E-state index is 0.235. The Kier molecular flexibility index (Phi) is 7.72. The first-order valence-corrected chi connectivity index (χ1v) is 9.94. The minimum Gasteiger partial charge on any atom is -0.492 e. The summed E-state index contributed by atoms with van der Waals surface area (Å²) in [5, 5.41) is 5.73. The molecule has 0 radical (unpaired) electrons. The van der Waals surface area contributed by atoms with Crippen molar-refractivity contribution >= 4 is 17.4 Å². The van der Waals surface area contributed by atoms with Crippen LogP contribution < -0.4 is 20.3 Å². The lowest BCUT2D eigenvalue weighted by molar-refractivity contribution is 0.0322. The number of ether oxygens (including phenoxy) is 2. The second-order valence-corrected chi connectivity index (χ2v) is 7.20. The Bertz CT molecular complexity index is 774. The summed E-state index contributed by atoms with van der Waals surface area (Å²) in [6, 6.07) is 15.3. The van der Waals surface area contributed by atoms with Crippen LogP contribution in [0.2, 0.25) is 0 Å². The molecule has 2 aromatic rings. The molecular weight excluding hydrogens is 368 g/mol. The van der Waals surface area contributed by atoms with E-state index in [1.807, 2.05) is 67.5 Å². The van der Waals surface area contributed by atoms with Gasteiger partial charge >= 0.3 is 6.03 Å². The maximum Gasteiger partial charge on any atom is 0.319 e. The van der Waals surface area contributed by atoms with Gasteiger partial charge in [-0.2, -0.15) is 0 Å². The van der Waals surface area contributed by atoms with E-state index >= 15 is 0 Å². The van der Waals surface area contributed by atoms with Crippen molar-refractivity contribution in [2.75, 3.05) is 63.8 Å². The van der Waals surface area contributed by atoms with Crippen LogP contribution in [0.5, 0.6) is 5.75 Å². The van der Waals surface area contributed by atoms with E-state index in [0.717, 1.165) is 55.5 Å². The molecule has 2 aromatic carbocycles. The van der Waals surface area contributed by atoms with E-state index in [1.165, 1.54) is 0 Å². The third kappa shape index (κ3) is 6.96. The van der Waals surface area contributed by atoms with Crippen LogP contribution in [-0.4, -0.2) is 64.5 Å². The van der Waals surface area contributed by atoms with E-state index in [0.29, 0.717) is 13.2 Å². The lowest BCUT2D eigenvalue weighted by Gasteiger charge is -2.26. The van der Waals surface area contributed by atoms with Crippen LogP contribution in [0.4, 0.5) is 16.2 Å². The molecule has 7 heteroatoms. The monoisotopic (exact) mass is 398 g/mol. The topological polar surface area (TPSA) is 66.1 Å². The number of urea groups is 1. The lowest BCUT2D eigenvalue weighted by Crippen LogP contribution is -2.38. The molecule has 7 nitrogen and oxygen atoms in total. The van der Waals surface area contributed by atoms with Crippen molar-refractivity contribution in [3.8, 4) is 5.75 Å². The standard InChI is InChI=1S/C22H30N4O3/c1-25(2)20-8-6-19(7-9-20)24-22(27)23-17-18-4-3-5-21(16-18)29-15-12-26-10-13-28-14-11-26/h3-9,16H,10-15,17H2,1-2H3,(H2,23,24,27). The fourth-order valence-corrected chi connectivity index (χ4v) is 3.06. The second-order valence-electron chi connectivity index (χ2n) is 7.20. The highest BCUT2D eigenvalue weighted by Gasteiger charge is 2.10. The quantitative estimate of drug-likeness (QED) is 0.716. The van der Waals surface area contributed by atoms with E-state index in [2.05, 4.69) is 15.5 Å². The van der Waals surface area contributed by atoms with Gasteiger partial charge in [-0.05, 0) is 42.0 Å². The van der Waals surface area contributed by atoms with Crippen LogP contribution in [0.15, 0.2) is 48.5 Å². The first-order valence-electron chi connectivity index (χ1n) is 9.94. The third-order valence-corrected chi connectivity index (χ3v) is 4.77. The second kappa shape index (κ2) is 10.7. The van der Waals surface area contributed by atoms with Gasteiger partial charge in [0, 0.05) is 51.6 Å². The van der Waals surface area contributed by atoms with Gasteiger partial charge in [-0.25, -0.2) is 4.79 Å². The predicted octanol–water partition coefficient (Wildman–Crippen LogP) is 2.79. The van der Waals surface area contributed by atoms with Gasteiger partial charge < -0.3 is 25.0 Å². The van der Waals surface area contributed by atoms with Gasteiger partial charge in [-0.3, -0.25) is 4.90 Å². The summed E-state index contributed by atoms with van der Waals surface area (Å²) in [6.07, 6.45) is 0. The van der Waals surface area contributed by atoms with Gasteiger partial charge in [0.25, 0.3) is 0 Å². The Morgan fingerprint density at radius 2 is 1.90 bits per heavy atom. The maximum atomic E-state index is 12.2. The Balaban J connectivity index is 1.41. The van der Waals surface area contributed by atoms with E-state index in [4.69, 9.17) is 9.47 Å². The Labute approximate surface area is 172 Å². The lowest BCUT2D eigenvalue weighted by atomic mass is 10.2. The van der Waals surface area contributed by atoms with Crippen LogP contribution in [0.25, 0.3) is 0 Å². The first-order chi connectivity index (χ1) is 14.1. The number of hydrogen-bond acceptors (Lipinski definition) is 5. The number of anilines is 2. The van der Waals surface area contributed by atoms with E-state index in [1.54, 1.807) is 0 Å². The average Bonchev–Trinajstić information content (AvgIpc) is 2.74. The molecule has 2 amide bonds. The van der Waals surface area contributed by atoms with Crippen molar-refractivity contribution in [2.45, 2.75) is 6.54 Å². The Hall–Kier alpha value is -2.77. The van der Waals surface area contributed by atoms with Crippen LogP contribution in [0, 0.1) is 0 Å². The van der Waals surface area contributed by atoms with Gasteiger partial charge in [0.1, 0.15) is 12.4 Å². The number of amides is 2. The smallest absolute Gasteiger partial charge is 0.319 e. The number of morpholine rings is 1. The molecule has 0 saturated carbocycles. The van der Waals surface area contributed by atoms with E-state index < -0.39 is 0 Å². The molecule has 1 aliphatic heterocycles. The van der Waals surface area contributed by atoms with Crippen molar-refractivity contribution in [3.05, 3.63) is 54.1 Å². The number of nitrogens with one attached hydrogen (secondary N) is 2. The highest BCUT2D eigenvalue weighted by atomic mass is 16.5. The molecule has 0 bridgehead atoms. The summed E-state index contributed by atoms with van der Waals surface area (Å²) in [4.78, 5) is 16.5. The summed E-state index contributed by atoms with van der Waals surface area (Å²) < 4.78 is 11.2. The molecule has 1 saturated heterocycles. The zero-order valence-electron chi connectivity index (χ0n) is 17.2. The van der Waals surface area contributed by atoms with Crippen LogP contribution >= 0.6 is 0 Å². The van der Waals surface area contributed by atoms with Crippen molar-refractivity contribution in [3.63, 3.8) is 0 Å². The van der Waals surface area contributed by atoms with Crippen molar-refractivity contribution < 1.29 is 14.3 Å². The zero-order chi connectivity index (χ0) is 20.5. The van der Waals surface area contributed by atoms with Crippen LogP contribution in [0.3, 0.4) is 0 Å². The van der Waals surface area contributed by atoms with Gasteiger partial charge in [-0.1, -0.05) is 12.1 Å². The molecule has 156 valence electrons. The van der Waals surface area contributed by atoms with Crippen molar-refractivity contribution in [1.29, 1.82) is 0 Å². The largest absolute Gasteiger partial charge is 0.492 e. The summed E-state index contributed by atoms with van der Waals surface area (Å²) in [7, 11) is 3.96. The molecule has 2 N–H and O–H groups in total.